The second kappa shape index (κ2) is 9.85. The van der Waals surface area contributed by atoms with Crippen molar-refractivity contribution in [3.8, 4) is 0 Å². The van der Waals surface area contributed by atoms with Crippen LogP contribution in [-0.2, 0) is 25.1 Å². The third-order valence-corrected chi connectivity index (χ3v) is 5.80. The molecule has 0 aromatic heterocycles. The van der Waals surface area contributed by atoms with Crippen molar-refractivity contribution >= 4 is 33.8 Å². The Labute approximate surface area is 165 Å². The van der Waals surface area contributed by atoms with Crippen LogP contribution in [0.2, 0.25) is 0 Å². The third-order valence-electron chi connectivity index (χ3n) is 4.10. The van der Waals surface area contributed by atoms with Crippen molar-refractivity contribution in [2.24, 2.45) is 0 Å². The number of ether oxygens (including phenoxy) is 1. The highest BCUT2D eigenvalue weighted by Crippen LogP contribution is 2.19. The maximum absolute atomic E-state index is 12.5. The summed E-state index contributed by atoms with van der Waals surface area (Å²) in [5, 5.41) is 6.06. The van der Waals surface area contributed by atoms with Gasteiger partial charge in [0.15, 0.2) is 9.84 Å². The van der Waals surface area contributed by atoms with E-state index in [4.69, 9.17) is 4.74 Å². The first-order chi connectivity index (χ1) is 12.5. The SMILES string of the molecule is Cl.O=C(CC1COCCN1)Nc1cccc(CS(=O)(=O)c2ccccc2)c1. The third kappa shape index (κ3) is 6.32. The van der Waals surface area contributed by atoms with Gasteiger partial charge in [-0.05, 0) is 29.8 Å². The molecule has 0 radical (unpaired) electrons. The first-order valence-corrected chi connectivity index (χ1v) is 10.2. The molecule has 1 aliphatic rings. The first kappa shape index (κ1) is 21.4. The lowest BCUT2D eigenvalue weighted by atomic mass is 10.1. The minimum absolute atomic E-state index is 0. The summed E-state index contributed by atoms with van der Waals surface area (Å²) in [7, 11) is -3.42. The van der Waals surface area contributed by atoms with Crippen molar-refractivity contribution in [2.45, 2.75) is 23.1 Å². The molecule has 1 saturated heterocycles. The number of morpholine rings is 1. The van der Waals surface area contributed by atoms with Crippen molar-refractivity contribution in [1.29, 1.82) is 0 Å². The summed E-state index contributed by atoms with van der Waals surface area (Å²) in [5.74, 6) is -0.241. The fourth-order valence-electron chi connectivity index (χ4n) is 2.86. The fraction of sp³-hybridized carbons (Fsp3) is 0.316. The number of hydrogen-bond donors (Lipinski definition) is 2. The van der Waals surface area contributed by atoms with Crippen molar-refractivity contribution in [2.75, 3.05) is 25.1 Å². The van der Waals surface area contributed by atoms with Crippen molar-refractivity contribution in [3.05, 3.63) is 60.2 Å². The van der Waals surface area contributed by atoms with Gasteiger partial charge in [-0.15, -0.1) is 12.4 Å². The lowest BCUT2D eigenvalue weighted by molar-refractivity contribution is -0.117. The van der Waals surface area contributed by atoms with Crippen LogP contribution in [0.3, 0.4) is 0 Å². The predicted molar refractivity (Wildman–Crippen MR) is 107 cm³/mol. The molecule has 1 heterocycles. The topological polar surface area (TPSA) is 84.5 Å². The number of rotatable bonds is 6. The Bertz CT molecular complexity index is 853. The van der Waals surface area contributed by atoms with Crippen LogP contribution in [0.1, 0.15) is 12.0 Å². The highest BCUT2D eigenvalue weighted by atomic mass is 35.5. The van der Waals surface area contributed by atoms with Gasteiger partial charge in [-0.1, -0.05) is 30.3 Å². The van der Waals surface area contributed by atoms with Gasteiger partial charge in [-0.2, -0.15) is 0 Å². The van der Waals surface area contributed by atoms with Crippen LogP contribution < -0.4 is 10.6 Å². The lowest BCUT2D eigenvalue weighted by Crippen LogP contribution is -2.43. The zero-order valence-corrected chi connectivity index (χ0v) is 16.4. The Morgan fingerprint density at radius 2 is 1.93 bits per heavy atom. The minimum Gasteiger partial charge on any atom is -0.378 e. The number of hydrogen-bond acceptors (Lipinski definition) is 5. The van der Waals surface area contributed by atoms with E-state index < -0.39 is 9.84 Å². The second-order valence-electron chi connectivity index (χ2n) is 6.25. The Morgan fingerprint density at radius 3 is 2.63 bits per heavy atom. The molecule has 1 amide bonds. The van der Waals surface area contributed by atoms with E-state index in [1.54, 1.807) is 54.6 Å². The largest absolute Gasteiger partial charge is 0.378 e. The van der Waals surface area contributed by atoms with Crippen LogP contribution >= 0.6 is 12.4 Å². The van der Waals surface area contributed by atoms with Crippen LogP contribution in [0.4, 0.5) is 5.69 Å². The average molecular weight is 411 g/mol. The van der Waals surface area contributed by atoms with E-state index in [1.807, 2.05) is 0 Å². The molecule has 3 rings (SSSR count). The molecule has 1 atom stereocenters. The Balaban J connectivity index is 0.00000261. The smallest absolute Gasteiger partial charge is 0.226 e. The molecule has 146 valence electrons. The molecule has 2 N–H and O–H groups in total. The van der Waals surface area contributed by atoms with E-state index in [0.717, 1.165) is 6.54 Å². The number of amides is 1. The summed E-state index contributed by atoms with van der Waals surface area (Å²) in [5.41, 5.74) is 1.22. The predicted octanol–water partition coefficient (Wildman–Crippen LogP) is 2.40. The van der Waals surface area contributed by atoms with Gasteiger partial charge in [0.25, 0.3) is 0 Å². The fourth-order valence-corrected chi connectivity index (χ4v) is 4.21. The number of carbonyl (C=O) groups excluding carboxylic acids is 1. The maximum atomic E-state index is 12.5. The summed E-state index contributed by atoms with van der Waals surface area (Å²) in [6.07, 6.45) is 0.312. The van der Waals surface area contributed by atoms with Crippen molar-refractivity contribution < 1.29 is 17.9 Å². The van der Waals surface area contributed by atoms with Gasteiger partial charge in [-0.25, -0.2) is 8.42 Å². The lowest BCUT2D eigenvalue weighted by Gasteiger charge is -2.23. The number of anilines is 1. The monoisotopic (exact) mass is 410 g/mol. The van der Waals surface area contributed by atoms with Crippen LogP contribution in [0.25, 0.3) is 0 Å². The van der Waals surface area contributed by atoms with E-state index in [0.29, 0.717) is 30.9 Å². The molecule has 0 spiro atoms. The van der Waals surface area contributed by atoms with Crippen LogP contribution in [-0.4, -0.2) is 40.1 Å². The van der Waals surface area contributed by atoms with Gasteiger partial charge in [0.1, 0.15) is 0 Å². The number of nitrogens with one attached hydrogen (secondary N) is 2. The zero-order chi connectivity index (χ0) is 18.4. The molecule has 1 aliphatic heterocycles. The first-order valence-electron chi connectivity index (χ1n) is 8.51. The van der Waals surface area contributed by atoms with E-state index in [2.05, 4.69) is 10.6 Å². The normalized spacial score (nSPS) is 17.0. The molecule has 8 heteroatoms. The average Bonchev–Trinajstić information content (AvgIpc) is 2.63. The highest BCUT2D eigenvalue weighted by molar-refractivity contribution is 7.90. The Hall–Kier alpha value is -1.93. The molecule has 0 bridgehead atoms. The van der Waals surface area contributed by atoms with Gasteiger partial charge in [0.05, 0.1) is 23.9 Å². The van der Waals surface area contributed by atoms with Crippen molar-refractivity contribution in [1.82, 2.24) is 5.32 Å². The summed E-state index contributed by atoms with van der Waals surface area (Å²) >= 11 is 0. The molecule has 1 fully saturated rings. The van der Waals surface area contributed by atoms with E-state index in [1.165, 1.54) is 0 Å². The standard InChI is InChI=1S/C19H22N2O4S.ClH/c22-19(12-17-13-25-10-9-20-17)21-16-6-4-5-15(11-16)14-26(23,24)18-7-2-1-3-8-18;/h1-8,11,17,20H,9-10,12-14H2,(H,21,22);1H. The highest BCUT2D eigenvalue weighted by Gasteiger charge is 2.18. The summed E-state index contributed by atoms with van der Waals surface area (Å²) in [6, 6.07) is 15.3. The van der Waals surface area contributed by atoms with Gasteiger partial charge >= 0.3 is 0 Å². The van der Waals surface area contributed by atoms with Gasteiger partial charge in [0.2, 0.25) is 5.91 Å². The van der Waals surface area contributed by atoms with Gasteiger partial charge in [-0.3, -0.25) is 4.79 Å². The Morgan fingerprint density at radius 1 is 1.15 bits per heavy atom. The number of halogens is 1. The molecular weight excluding hydrogens is 388 g/mol. The molecular formula is C19H23ClN2O4S. The van der Waals surface area contributed by atoms with Crippen LogP contribution in [0.15, 0.2) is 59.5 Å². The van der Waals surface area contributed by atoms with Crippen LogP contribution in [0, 0.1) is 0 Å². The molecule has 27 heavy (non-hydrogen) atoms. The molecule has 2 aromatic carbocycles. The number of benzene rings is 2. The molecule has 1 unspecified atom stereocenters. The van der Waals surface area contributed by atoms with Gasteiger partial charge in [0, 0.05) is 24.7 Å². The summed E-state index contributed by atoms with van der Waals surface area (Å²) < 4.78 is 30.3. The molecule has 0 aliphatic carbocycles. The van der Waals surface area contributed by atoms with Gasteiger partial charge < -0.3 is 15.4 Å². The summed E-state index contributed by atoms with van der Waals surface area (Å²) in [4.78, 5) is 12.5. The zero-order valence-electron chi connectivity index (χ0n) is 14.8. The Kier molecular flexibility index (Phi) is 7.79. The number of sulfone groups is 1. The van der Waals surface area contributed by atoms with E-state index in [-0.39, 0.29) is 35.0 Å². The molecule has 2 aromatic rings. The molecule has 0 saturated carbocycles. The maximum Gasteiger partial charge on any atom is 0.226 e. The minimum atomic E-state index is -3.42. The van der Waals surface area contributed by atoms with E-state index in [9.17, 15) is 13.2 Å². The molecule has 6 nitrogen and oxygen atoms in total. The summed E-state index contributed by atoms with van der Waals surface area (Å²) in [6.45, 7) is 1.92. The quantitative estimate of drug-likeness (QED) is 0.763. The van der Waals surface area contributed by atoms with Crippen LogP contribution in [0.5, 0.6) is 0 Å². The number of carbonyl (C=O) groups is 1. The van der Waals surface area contributed by atoms with E-state index >= 15 is 0 Å². The second-order valence-corrected chi connectivity index (χ2v) is 8.24. The van der Waals surface area contributed by atoms with Crippen molar-refractivity contribution in [3.63, 3.8) is 0 Å².